The standard InChI is InChI=1S/C26H27N3O2/c1-17-11-12-29-23(15-25(30)27-16-20-6-9-22(31-4)10-7-20)26(28-24(29)13-17)21-8-5-18(2)19(3)14-21/h5-14H,15-16H2,1-4H3,(H,27,30). The molecule has 31 heavy (non-hydrogen) atoms. The summed E-state index contributed by atoms with van der Waals surface area (Å²) in [7, 11) is 1.64. The number of carbonyl (C=O) groups is 1. The van der Waals surface area contributed by atoms with Crippen molar-refractivity contribution in [3.63, 3.8) is 0 Å². The first kappa shape index (κ1) is 20.7. The lowest BCUT2D eigenvalue weighted by atomic mass is 10.0. The van der Waals surface area contributed by atoms with Crippen LogP contribution in [-0.4, -0.2) is 22.4 Å². The maximum Gasteiger partial charge on any atom is 0.226 e. The second-order valence-corrected chi connectivity index (χ2v) is 7.94. The van der Waals surface area contributed by atoms with Gasteiger partial charge in [0.15, 0.2) is 0 Å². The number of aromatic nitrogens is 2. The van der Waals surface area contributed by atoms with Gasteiger partial charge < -0.3 is 14.5 Å². The SMILES string of the molecule is COc1ccc(CNC(=O)Cc2c(-c3ccc(C)c(C)c3)nc3cc(C)ccn23)cc1. The van der Waals surface area contributed by atoms with E-state index in [1.807, 2.05) is 53.9 Å². The summed E-state index contributed by atoms with van der Waals surface area (Å²) in [6.07, 6.45) is 2.25. The number of carbonyl (C=O) groups excluding carboxylic acids is 1. The molecule has 0 aliphatic heterocycles. The molecule has 0 fully saturated rings. The van der Waals surface area contributed by atoms with E-state index in [1.165, 1.54) is 11.1 Å². The largest absolute Gasteiger partial charge is 0.497 e. The van der Waals surface area contributed by atoms with Crippen molar-refractivity contribution in [1.29, 1.82) is 0 Å². The molecule has 4 rings (SSSR count). The van der Waals surface area contributed by atoms with Crippen LogP contribution in [0, 0.1) is 20.8 Å². The van der Waals surface area contributed by atoms with Gasteiger partial charge in [0.05, 0.1) is 24.9 Å². The lowest BCUT2D eigenvalue weighted by Gasteiger charge is -2.09. The van der Waals surface area contributed by atoms with Gasteiger partial charge in [0.2, 0.25) is 5.91 Å². The summed E-state index contributed by atoms with van der Waals surface area (Å²) in [6, 6.07) is 18.1. The molecular weight excluding hydrogens is 386 g/mol. The molecule has 0 atom stereocenters. The lowest BCUT2D eigenvalue weighted by Crippen LogP contribution is -2.25. The first-order valence-corrected chi connectivity index (χ1v) is 10.4. The van der Waals surface area contributed by atoms with E-state index in [1.54, 1.807) is 7.11 Å². The Kier molecular flexibility index (Phi) is 5.76. The number of nitrogens with one attached hydrogen (secondary N) is 1. The van der Waals surface area contributed by atoms with E-state index in [0.29, 0.717) is 6.54 Å². The number of aryl methyl sites for hydroxylation is 3. The average Bonchev–Trinajstić information content (AvgIpc) is 3.11. The topological polar surface area (TPSA) is 55.6 Å². The quantitative estimate of drug-likeness (QED) is 0.494. The van der Waals surface area contributed by atoms with E-state index < -0.39 is 0 Å². The number of methoxy groups -OCH3 is 1. The number of ether oxygens (including phenoxy) is 1. The van der Waals surface area contributed by atoms with Crippen LogP contribution in [0.4, 0.5) is 0 Å². The second-order valence-electron chi connectivity index (χ2n) is 7.94. The van der Waals surface area contributed by atoms with Crippen LogP contribution in [0.1, 0.15) is 27.9 Å². The van der Waals surface area contributed by atoms with E-state index in [2.05, 4.69) is 37.4 Å². The van der Waals surface area contributed by atoms with Gasteiger partial charge in [-0.15, -0.1) is 0 Å². The average molecular weight is 414 g/mol. The van der Waals surface area contributed by atoms with Crippen LogP contribution >= 0.6 is 0 Å². The van der Waals surface area contributed by atoms with E-state index in [-0.39, 0.29) is 12.3 Å². The smallest absolute Gasteiger partial charge is 0.226 e. The Morgan fingerprint density at radius 3 is 2.48 bits per heavy atom. The van der Waals surface area contributed by atoms with Crippen molar-refractivity contribution in [2.45, 2.75) is 33.7 Å². The Morgan fingerprint density at radius 2 is 1.77 bits per heavy atom. The molecule has 5 heteroatoms. The molecule has 2 aromatic carbocycles. The zero-order chi connectivity index (χ0) is 22.0. The van der Waals surface area contributed by atoms with Crippen LogP contribution in [0.3, 0.4) is 0 Å². The zero-order valence-electron chi connectivity index (χ0n) is 18.4. The van der Waals surface area contributed by atoms with Crippen LogP contribution in [0.15, 0.2) is 60.8 Å². The van der Waals surface area contributed by atoms with Gasteiger partial charge in [0.1, 0.15) is 11.4 Å². The third kappa shape index (κ3) is 4.45. The fourth-order valence-electron chi connectivity index (χ4n) is 3.64. The van der Waals surface area contributed by atoms with Gasteiger partial charge in [-0.05, 0) is 73.4 Å². The minimum atomic E-state index is -0.0386. The number of fused-ring (bicyclic) bond motifs is 1. The Bertz CT molecular complexity index is 1240. The Hall–Kier alpha value is -3.60. The molecule has 2 aromatic heterocycles. The molecule has 0 aliphatic rings. The molecule has 5 nitrogen and oxygen atoms in total. The van der Waals surface area contributed by atoms with Crippen LogP contribution in [-0.2, 0) is 17.8 Å². The number of hydrogen-bond donors (Lipinski definition) is 1. The monoisotopic (exact) mass is 413 g/mol. The number of imidazole rings is 1. The summed E-state index contributed by atoms with van der Waals surface area (Å²) < 4.78 is 7.21. The zero-order valence-corrected chi connectivity index (χ0v) is 18.4. The number of pyridine rings is 1. The summed E-state index contributed by atoms with van der Waals surface area (Å²) in [5.41, 5.74) is 8.24. The molecule has 0 bridgehead atoms. The number of amides is 1. The molecule has 0 saturated heterocycles. The van der Waals surface area contributed by atoms with Crippen molar-refractivity contribution < 1.29 is 9.53 Å². The molecule has 0 aliphatic carbocycles. The molecule has 1 amide bonds. The van der Waals surface area contributed by atoms with Crippen molar-refractivity contribution >= 4 is 11.6 Å². The van der Waals surface area contributed by atoms with Crippen molar-refractivity contribution in [3.8, 4) is 17.0 Å². The number of hydrogen-bond acceptors (Lipinski definition) is 3. The van der Waals surface area contributed by atoms with Crippen molar-refractivity contribution in [1.82, 2.24) is 14.7 Å². The minimum Gasteiger partial charge on any atom is -0.497 e. The van der Waals surface area contributed by atoms with Crippen LogP contribution < -0.4 is 10.1 Å². The molecule has 0 saturated carbocycles. The van der Waals surface area contributed by atoms with E-state index in [4.69, 9.17) is 9.72 Å². The van der Waals surface area contributed by atoms with E-state index in [0.717, 1.165) is 39.5 Å². The third-order valence-electron chi connectivity index (χ3n) is 5.64. The molecule has 0 unspecified atom stereocenters. The Morgan fingerprint density at radius 1 is 1.00 bits per heavy atom. The van der Waals surface area contributed by atoms with Crippen LogP contribution in [0.5, 0.6) is 5.75 Å². The second kappa shape index (κ2) is 8.64. The highest BCUT2D eigenvalue weighted by Gasteiger charge is 2.17. The molecule has 0 radical (unpaired) electrons. The number of benzene rings is 2. The highest BCUT2D eigenvalue weighted by molar-refractivity contribution is 5.81. The summed E-state index contributed by atoms with van der Waals surface area (Å²) in [5, 5.41) is 3.03. The first-order valence-electron chi connectivity index (χ1n) is 10.4. The van der Waals surface area contributed by atoms with Gasteiger partial charge >= 0.3 is 0 Å². The summed E-state index contributed by atoms with van der Waals surface area (Å²) >= 11 is 0. The van der Waals surface area contributed by atoms with Gasteiger partial charge in [-0.3, -0.25) is 4.79 Å². The van der Waals surface area contributed by atoms with Gasteiger partial charge in [-0.2, -0.15) is 0 Å². The maximum atomic E-state index is 12.8. The Labute approximate surface area is 182 Å². The molecular formula is C26H27N3O2. The first-order chi connectivity index (χ1) is 14.9. The van der Waals surface area contributed by atoms with Gasteiger partial charge in [0, 0.05) is 18.3 Å². The predicted octanol–water partition coefficient (Wildman–Crippen LogP) is 4.79. The number of rotatable bonds is 6. The van der Waals surface area contributed by atoms with E-state index in [9.17, 15) is 4.79 Å². The molecule has 1 N–H and O–H groups in total. The lowest BCUT2D eigenvalue weighted by molar-refractivity contribution is -0.120. The Balaban J connectivity index is 1.61. The molecule has 2 heterocycles. The van der Waals surface area contributed by atoms with E-state index >= 15 is 0 Å². The van der Waals surface area contributed by atoms with Crippen molar-refractivity contribution in [3.05, 3.63) is 88.7 Å². The fourth-order valence-corrected chi connectivity index (χ4v) is 3.64. The highest BCUT2D eigenvalue weighted by atomic mass is 16.5. The number of nitrogens with zero attached hydrogens (tertiary/aromatic N) is 2. The highest BCUT2D eigenvalue weighted by Crippen LogP contribution is 2.27. The van der Waals surface area contributed by atoms with Crippen LogP contribution in [0.2, 0.25) is 0 Å². The normalized spacial score (nSPS) is 11.0. The fraction of sp³-hybridized carbons (Fsp3) is 0.231. The van der Waals surface area contributed by atoms with Gasteiger partial charge in [-0.1, -0.05) is 24.3 Å². The van der Waals surface area contributed by atoms with Crippen molar-refractivity contribution in [2.75, 3.05) is 7.11 Å². The summed E-state index contributed by atoms with van der Waals surface area (Å²) in [4.78, 5) is 17.7. The minimum absolute atomic E-state index is 0.0386. The summed E-state index contributed by atoms with van der Waals surface area (Å²) in [6.45, 7) is 6.71. The maximum absolute atomic E-state index is 12.8. The van der Waals surface area contributed by atoms with Gasteiger partial charge in [-0.25, -0.2) is 4.98 Å². The predicted molar refractivity (Wildman–Crippen MR) is 123 cm³/mol. The molecule has 4 aromatic rings. The molecule has 158 valence electrons. The van der Waals surface area contributed by atoms with Crippen LogP contribution in [0.25, 0.3) is 16.9 Å². The third-order valence-corrected chi connectivity index (χ3v) is 5.64. The summed E-state index contributed by atoms with van der Waals surface area (Å²) in [5.74, 6) is 0.761. The van der Waals surface area contributed by atoms with Crippen molar-refractivity contribution in [2.24, 2.45) is 0 Å². The van der Waals surface area contributed by atoms with Gasteiger partial charge in [0.25, 0.3) is 0 Å². The molecule has 0 spiro atoms.